The first-order valence-electron chi connectivity index (χ1n) is 8.68. The average molecular weight is 325 g/mol. The van der Waals surface area contributed by atoms with E-state index in [1.54, 1.807) is 7.11 Å². The lowest BCUT2D eigenvalue weighted by Crippen LogP contribution is -2.47. The molecule has 1 aliphatic heterocycles. The van der Waals surface area contributed by atoms with E-state index in [9.17, 15) is 0 Å². The molecule has 2 heterocycles. The van der Waals surface area contributed by atoms with E-state index >= 15 is 0 Å². The Labute approximate surface area is 145 Å². The van der Waals surface area contributed by atoms with Gasteiger partial charge in [0.1, 0.15) is 0 Å². The van der Waals surface area contributed by atoms with Gasteiger partial charge in [0.25, 0.3) is 0 Å². The molecule has 1 aliphatic rings. The lowest BCUT2D eigenvalue weighted by molar-refractivity contribution is 0.0405. The Morgan fingerprint density at radius 3 is 2.42 bits per heavy atom. The summed E-state index contributed by atoms with van der Waals surface area (Å²) in [6, 6.07) is 12.6. The summed E-state index contributed by atoms with van der Waals surface area (Å²) in [5, 5.41) is 0. The Kier molecular flexibility index (Phi) is 5.96. The number of hydrogen-bond donors (Lipinski definition) is 0. The zero-order valence-corrected chi connectivity index (χ0v) is 14.7. The van der Waals surface area contributed by atoms with Crippen molar-refractivity contribution in [3.8, 4) is 0 Å². The van der Waals surface area contributed by atoms with Gasteiger partial charge in [-0.2, -0.15) is 0 Å². The van der Waals surface area contributed by atoms with Gasteiger partial charge in [-0.15, -0.1) is 0 Å². The molecule has 1 aromatic carbocycles. The minimum absolute atomic E-state index is 0.151. The van der Waals surface area contributed by atoms with E-state index in [1.807, 2.05) is 12.4 Å². The number of pyridine rings is 1. The summed E-state index contributed by atoms with van der Waals surface area (Å²) >= 11 is 0. The number of hydrogen-bond acceptors (Lipinski definition) is 4. The van der Waals surface area contributed by atoms with Gasteiger partial charge in [-0.05, 0) is 29.7 Å². The van der Waals surface area contributed by atoms with Gasteiger partial charge in [0.15, 0.2) is 0 Å². The highest BCUT2D eigenvalue weighted by atomic mass is 16.5. The lowest BCUT2D eigenvalue weighted by Gasteiger charge is -2.36. The summed E-state index contributed by atoms with van der Waals surface area (Å²) in [7, 11) is 1.80. The molecule has 0 aliphatic carbocycles. The molecule has 1 atom stereocenters. The predicted octanol–water partition coefficient (Wildman–Crippen LogP) is 2.90. The first-order valence-corrected chi connectivity index (χ1v) is 8.68. The van der Waals surface area contributed by atoms with Crippen molar-refractivity contribution in [3.63, 3.8) is 0 Å². The Balaban J connectivity index is 1.51. The van der Waals surface area contributed by atoms with Crippen molar-refractivity contribution in [1.29, 1.82) is 0 Å². The zero-order valence-electron chi connectivity index (χ0n) is 14.7. The van der Waals surface area contributed by atoms with E-state index < -0.39 is 0 Å². The van der Waals surface area contributed by atoms with Crippen LogP contribution in [0.3, 0.4) is 0 Å². The Hall–Kier alpha value is -1.75. The molecule has 2 aromatic rings. The summed E-state index contributed by atoms with van der Waals surface area (Å²) in [5.41, 5.74) is 3.93. The van der Waals surface area contributed by atoms with Gasteiger partial charge in [-0.25, -0.2) is 0 Å². The fourth-order valence-electron chi connectivity index (χ4n) is 3.25. The van der Waals surface area contributed by atoms with Gasteiger partial charge in [0.2, 0.25) is 0 Å². The Morgan fingerprint density at radius 2 is 1.75 bits per heavy atom. The lowest BCUT2D eigenvalue weighted by atomic mass is 10.1. The molecule has 1 saturated heterocycles. The summed E-state index contributed by atoms with van der Waals surface area (Å²) < 4.78 is 5.71. The molecule has 0 amide bonds. The van der Waals surface area contributed by atoms with Gasteiger partial charge < -0.3 is 4.74 Å². The number of nitrogens with zero attached hydrogens (tertiary/aromatic N) is 3. The normalized spacial score (nSPS) is 17.8. The smallest absolute Gasteiger partial charge is 0.0947 e. The van der Waals surface area contributed by atoms with Crippen LogP contribution in [-0.4, -0.2) is 54.6 Å². The molecule has 24 heavy (non-hydrogen) atoms. The standard InChI is InChI=1S/C20H27N3O/c1-17-8-9-21-14-19(17)15-22-10-12-23(13-11-22)16-20(24-2)18-6-4-3-5-7-18/h3-9,14,20H,10-13,15-16H2,1-2H3. The third-order valence-electron chi connectivity index (χ3n) is 4.89. The van der Waals surface area contributed by atoms with Crippen LogP contribution in [0.1, 0.15) is 22.8 Å². The zero-order chi connectivity index (χ0) is 16.8. The number of aromatic nitrogens is 1. The van der Waals surface area contributed by atoms with Crippen molar-refractivity contribution in [3.05, 3.63) is 65.5 Å². The molecule has 0 saturated carbocycles. The van der Waals surface area contributed by atoms with Crippen molar-refractivity contribution < 1.29 is 4.74 Å². The van der Waals surface area contributed by atoms with Crippen LogP contribution in [0.25, 0.3) is 0 Å². The fourth-order valence-corrected chi connectivity index (χ4v) is 3.25. The van der Waals surface area contributed by atoms with Crippen LogP contribution in [0.5, 0.6) is 0 Å². The molecule has 128 valence electrons. The molecule has 1 unspecified atom stereocenters. The van der Waals surface area contributed by atoms with Gasteiger partial charge in [-0.3, -0.25) is 14.8 Å². The van der Waals surface area contributed by atoms with E-state index in [0.29, 0.717) is 0 Å². The van der Waals surface area contributed by atoms with E-state index in [4.69, 9.17) is 4.74 Å². The fraction of sp³-hybridized carbons (Fsp3) is 0.450. The van der Waals surface area contributed by atoms with Gasteiger partial charge in [0.05, 0.1) is 6.10 Å². The molecule has 1 aromatic heterocycles. The Morgan fingerprint density at radius 1 is 1.04 bits per heavy atom. The second kappa shape index (κ2) is 8.38. The highest BCUT2D eigenvalue weighted by Crippen LogP contribution is 2.19. The SMILES string of the molecule is COC(CN1CCN(Cc2cnccc2C)CC1)c1ccccc1. The predicted molar refractivity (Wildman–Crippen MR) is 96.9 cm³/mol. The second-order valence-electron chi connectivity index (χ2n) is 6.51. The first-order chi connectivity index (χ1) is 11.8. The highest BCUT2D eigenvalue weighted by Gasteiger charge is 2.21. The van der Waals surface area contributed by atoms with Crippen LogP contribution in [0.15, 0.2) is 48.8 Å². The third-order valence-corrected chi connectivity index (χ3v) is 4.89. The number of benzene rings is 1. The summed E-state index contributed by atoms with van der Waals surface area (Å²) in [6.45, 7) is 8.49. The number of aryl methyl sites for hydroxylation is 1. The van der Waals surface area contributed by atoms with Gasteiger partial charge in [-0.1, -0.05) is 30.3 Å². The molecule has 3 rings (SSSR count). The van der Waals surface area contributed by atoms with Crippen LogP contribution >= 0.6 is 0 Å². The maximum absolute atomic E-state index is 5.71. The van der Waals surface area contributed by atoms with E-state index in [-0.39, 0.29) is 6.10 Å². The topological polar surface area (TPSA) is 28.6 Å². The Bertz CT molecular complexity index is 624. The molecule has 0 bridgehead atoms. The minimum Gasteiger partial charge on any atom is -0.375 e. The first kappa shape index (κ1) is 17.1. The van der Waals surface area contributed by atoms with Crippen molar-refractivity contribution in [2.24, 2.45) is 0 Å². The molecule has 4 nitrogen and oxygen atoms in total. The van der Waals surface area contributed by atoms with Crippen LogP contribution in [-0.2, 0) is 11.3 Å². The van der Waals surface area contributed by atoms with Crippen LogP contribution in [0.4, 0.5) is 0 Å². The summed E-state index contributed by atoms with van der Waals surface area (Å²) in [4.78, 5) is 9.28. The minimum atomic E-state index is 0.151. The van der Waals surface area contributed by atoms with Crippen LogP contribution in [0, 0.1) is 6.92 Å². The third kappa shape index (κ3) is 4.41. The van der Waals surface area contributed by atoms with E-state index in [2.05, 4.69) is 58.1 Å². The number of ether oxygens (including phenoxy) is 1. The average Bonchev–Trinajstić information content (AvgIpc) is 2.64. The quantitative estimate of drug-likeness (QED) is 0.816. The number of methoxy groups -OCH3 is 1. The molecule has 0 spiro atoms. The molecule has 0 radical (unpaired) electrons. The molecule has 4 heteroatoms. The van der Waals surface area contributed by atoms with Crippen LogP contribution in [0.2, 0.25) is 0 Å². The maximum Gasteiger partial charge on any atom is 0.0947 e. The summed E-state index contributed by atoms with van der Waals surface area (Å²) in [6.07, 6.45) is 4.02. The second-order valence-corrected chi connectivity index (χ2v) is 6.51. The van der Waals surface area contributed by atoms with Crippen molar-refractivity contribution in [1.82, 2.24) is 14.8 Å². The maximum atomic E-state index is 5.71. The number of piperazine rings is 1. The number of rotatable bonds is 6. The summed E-state index contributed by atoms with van der Waals surface area (Å²) in [5.74, 6) is 0. The van der Waals surface area contributed by atoms with Crippen molar-refractivity contribution >= 4 is 0 Å². The van der Waals surface area contributed by atoms with Gasteiger partial charge in [0, 0.05) is 58.8 Å². The monoisotopic (exact) mass is 325 g/mol. The molecular formula is C20H27N3O. The van der Waals surface area contributed by atoms with E-state index in [0.717, 1.165) is 39.3 Å². The molecular weight excluding hydrogens is 298 g/mol. The highest BCUT2D eigenvalue weighted by molar-refractivity contribution is 5.21. The molecule has 0 N–H and O–H groups in total. The van der Waals surface area contributed by atoms with Crippen LogP contribution < -0.4 is 0 Å². The van der Waals surface area contributed by atoms with Crippen molar-refractivity contribution in [2.75, 3.05) is 39.8 Å². The van der Waals surface area contributed by atoms with E-state index in [1.165, 1.54) is 16.7 Å². The van der Waals surface area contributed by atoms with Crippen molar-refractivity contribution in [2.45, 2.75) is 19.6 Å². The van der Waals surface area contributed by atoms with Gasteiger partial charge >= 0.3 is 0 Å². The molecule has 1 fully saturated rings. The largest absolute Gasteiger partial charge is 0.375 e.